The van der Waals surface area contributed by atoms with E-state index in [2.05, 4.69) is 11.4 Å². The molecule has 0 bridgehead atoms. The molecule has 0 fully saturated rings. The number of nitrogens with zero attached hydrogens (tertiary/aromatic N) is 2. The summed E-state index contributed by atoms with van der Waals surface area (Å²) in [5, 5.41) is 14.4. The Bertz CT molecular complexity index is 1110. The van der Waals surface area contributed by atoms with Gasteiger partial charge in [-0.15, -0.1) is 23.7 Å². The number of fused-ring (bicyclic) bond motifs is 1. The van der Waals surface area contributed by atoms with E-state index in [1.165, 1.54) is 11.3 Å². The Morgan fingerprint density at radius 1 is 1.14 bits per heavy atom. The Kier molecular flexibility index (Phi) is 6.60. The molecule has 0 radical (unpaired) electrons. The zero-order chi connectivity index (χ0) is 19.6. The number of sulfonamides is 1. The molecule has 0 amide bonds. The van der Waals surface area contributed by atoms with Crippen LogP contribution in [0.25, 0.3) is 0 Å². The fourth-order valence-electron chi connectivity index (χ4n) is 3.46. The normalized spacial score (nSPS) is 16.6. The molecule has 0 aliphatic carbocycles. The molecule has 4 rings (SSSR count). The summed E-state index contributed by atoms with van der Waals surface area (Å²) in [5.41, 5.74) is 3.30. The van der Waals surface area contributed by atoms with Crippen molar-refractivity contribution in [3.05, 3.63) is 82.7 Å². The van der Waals surface area contributed by atoms with Gasteiger partial charge in [0.1, 0.15) is 4.21 Å². The predicted octanol–water partition coefficient (Wildman–Crippen LogP) is 4.27. The van der Waals surface area contributed by atoms with Crippen molar-refractivity contribution in [3.8, 4) is 6.07 Å². The molecule has 1 atom stereocenters. The molecule has 5 nitrogen and oxygen atoms in total. The SMILES string of the molecule is Cl.N#Cc1ccc2c(c1)CN(S(=O)(=O)c1cccs1)C(Cc1ccccc1)CN2. The van der Waals surface area contributed by atoms with Gasteiger partial charge >= 0.3 is 0 Å². The number of rotatable bonds is 4. The molecule has 2 heterocycles. The lowest BCUT2D eigenvalue weighted by molar-refractivity contribution is 0.326. The Morgan fingerprint density at radius 2 is 1.93 bits per heavy atom. The van der Waals surface area contributed by atoms with Crippen LogP contribution in [0.5, 0.6) is 0 Å². The molecule has 2 aromatic carbocycles. The zero-order valence-corrected chi connectivity index (χ0v) is 17.9. The Morgan fingerprint density at radius 3 is 2.62 bits per heavy atom. The summed E-state index contributed by atoms with van der Waals surface area (Å²) in [5.74, 6) is 0. The molecule has 1 unspecified atom stereocenters. The summed E-state index contributed by atoms with van der Waals surface area (Å²) in [6.07, 6.45) is 0.609. The number of hydrogen-bond donors (Lipinski definition) is 1. The van der Waals surface area contributed by atoms with Gasteiger partial charge in [0.2, 0.25) is 0 Å². The molecule has 29 heavy (non-hydrogen) atoms. The van der Waals surface area contributed by atoms with Crippen molar-refractivity contribution >= 4 is 39.5 Å². The lowest BCUT2D eigenvalue weighted by Crippen LogP contribution is -2.43. The van der Waals surface area contributed by atoms with Crippen molar-refractivity contribution in [1.82, 2.24) is 4.31 Å². The largest absolute Gasteiger partial charge is 0.383 e. The van der Waals surface area contributed by atoms with E-state index in [0.717, 1.165) is 16.8 Å². The summed E-state index contributed by atoms with van der Waals surface area (Å²) in [7, 11) is -3.64. The van der Waals surface area contributed by atoms with E-state index in [1.807, 2.05) is 36.4 Å². The van der Waals surface area contributed by atoms with Gasteiger partial charge in [0.15, 0.2) is 0 Å². The Balaban J connectivity index is 0.00000240. The Labute approximate surface area is 181 Å². The van der Waals surface area contributed by atoms with E-state index >= 15 is 0 Å². The monoisotopic (exact) mass is 445 g/mol. The quantitative estimate of drug-likeness (QED) is 0.650. The maximum atomic E-state index is 13.4. The lowest BCUT2D eigenvalue weighted by atomic mass is 10.1. The van der Waals surface area contributed by atoms with Crippen LogP contribution in [-0.2, 0) is 23.0 Å². The number of anilines is 1. The number of halogens is 1. The van der Waals surface area contributed by atoms with Crippen LogP contribution < -0.4 is 5.32 Å². The highest BCUT2D eigenvalue weighted by atomic mass is 35.5. The van der Waals surface area contributed by atoms with Gasteiger partial charge < -0.3 is 5.32 Å². The number of nitriles is 1. The molecule has 1 N–H and O–H groups in total. The average Bonchev–Trinajstić information content (AvgIpc) is 3.20. The molecular formula is C21H20ClN3O2S2. The molecule has 150 valence electrons. The molecule has 8 heteroatoms. The standard InChI is InChI=1S/C21H19N3O2S2.ClH/c22-13-17-8-9-20-18(11-17)15-24(28(25,26)21-7-4-10-27-21)19(14-23-20)12-16-5-2-1-3-6-16;/h1-11,19,23H,12,14-15H2;1H. The fraction of sp³-hybridized carbons (Fsp3) is 0.190. The Hall–Kier alpha value is -2.37. The number of hydrogen-bond acceptors (Lipinski definition) is 5. The summed E-state index contributed by atoms with van der Waals surface area (Å²) in [6, 6.07) is 20.6. The highest BCUT2D eigenvalue weighted by molar-refractivity contribution is 7.91. The van der Waals surface area contributed by atoms with Crippen LogP contribution in [-0.4, -0.2) is 25.3 Å². The van der Waals surface area contributed by atoms with Gasteiger partial charge in [-0.1, -0.05) is 36.4 Å². The summed E-state index contributed by atoms with van der Waals surface area (Å²) in [6.45, 7) is 0.730. The maximum Gasteiger partial charge on any atom is 0.253 e. The van der Waals surface area contributed by atoms with E-state index in [-0.39, 0.29) is 25.0 Å². The summed E-state index contributed by atoms with van der Waals surface area (Å²) < 4.78 is 28.7. The summed E-state index contributed by atoms with van der Waals surface area (Å²) >= 11 is 1.23. The van der Waals surface area contributed by atoms with Gasteiger partial charge in [0.05, 0.1) is 11.6 Å². The fourth-order valence-corrected chi connectivity index (χ4v) is 6.18. The first kappa shape index (κ1) is 21.3. The van der Waals surface area contributed by atoms with Crippen molar-refractivity contribution in [3.63, 3.8) is 0 Å². The predicted molar refractivity (Wildman–Crippen MR) is 118 cm³/mol. The summed E-state index contributed by atoms with van der Waals surface area (Å²) in [4.78, 5) is 0. The van der Waals surface area contributed by atoms with Crippen molar-refractivity contribution in [2.75, 3.05) is 11.9 Å². The highest BCUT2D eigenvalue weighted by Crippen LogP contribution is 2.31. The third-order valence-electron chi connectivity index (χ3n) is 4.87. The van der Waals surface area contributed by atoms with Crippen molar-refractivity contribution in [2.45, 2.75) is 23.2 Å². The lowest BCUT2D eigenvalue weighted by Gasteiger charge is -2.28. The zero-order valence-electron chi connectivity index (χ0n) is 15.5. The third kappa shape index (κ3) is 4.46. The second-order valence-electron chi connectivity index (χ2n) is 6.69. The molecule has 1 aliphatic heterocycles. The first-order chi connectivity index (χ1) is 13.6. The third-order valence-corrected chi connectivity index (χ3v) is 8.14. The topological polar surface area (TPSA) is 73.2 Å². The van der Waals surface area contributed by atoms with Gasteiger partial charge in [-0.05, 0) is 47.2 Å². The second kappa shape index (κ2) is 8.97. The minimum absolute atomic E-state index is 0. The van der Waals surface area contributed by atoms with Crippen LogP contribution in [0.3, 0.4) is 0 Å². The molecule has 1 aromatic heterocycles. The van der Waals surface area contributed by atoms with Crippen LogP contribution in [0.4, 0.5) is 5.69 Å². The van der Waals surface area contributed by atoms with Gasteiger partial charge in [-0.3, -0.25) is 0 Å². The van der Waals surface area contributed by atoms with Gasteiger partial charge in [-0.2, -0.15) is 9.57 Å². The van der Waals surface area contributed by atoms with Gasteiger partial charge in [0.25, 0.3) is 10.0 Å². The van der Waals surface area contributed by atoms with E-state index < -0.39 is 10.0 Å². The van der Waals surface area contributed by atoms with Crippen molar-refractivity contribution < 1.29 is 8.42 Å². The van der Waals surface area contributed by atoms with Crippen molar-refractivity contribution in [2.24, 2.45) is 0 Å². The minimum atomic E-state index is -3.64. The number of nitrogens with one attached hydrogen (secondary N) is 1. The van der Waals surface area contributed by atoms with E-state index in [0.29, 0.717) is 22.7 Å². The van der Waals surface area contributed by atoms with Crippen molar-refractivity contribution in [1.29, 1.82) is 5.26 Å². The first-order valence-corrected chi connectivity index (χ1v) is 11.3. The van der Waals surface area contributed by atoms with Crippen LogP contribution in [0.2, 0.25) is 0 Å². The highest BCUT2D eigenvalue weighted by Gasteiger charge is 2.34. The van der Waals surface area contributed by atoms with E-state index in [4.69, 9.17) is 0 Å². The minimum Gasteiger partial charge on any atom is -0.383 e. The molecule has 1 aliphatic rings. The first-order valence-electron chi connectivity index (χ1n) is 8.94. The van der Waals surface area contributed by atoms with Crippen LogP contribution in [0, 0.1) is 11.3 Å². The average molecular weight is 446 g/mol. The number of benzene rings is 2. The van der Waals surface area contributed by atoms with Gasteiger partial charge in [-0.25, -0.2) is 8.42 Å². The smallest absolute Gasteiger partial charge is 0.253 e. The van der Waals surface area contributed by atoms with Crippen LogP contribution >= 0.6 is 23.7 Å². The molecular weight excluding hydrogens is 426 g/mol. The maximum absolute atomic E-state index is 13.4. The number of thiophene rings is 1. The van der Waals surface area contributed by atoms with Gasteiger partial charge in [0, 0.05) is 24.8 Å². The molecule has 0 saturated carbocycles. The van der Waals surface area contributed by atoms with Crippen LogP contribution in [0.1, 0.15) is 16.7 Å². The molecule has 0 spiro atoms. The van der Waals surface area contributed by atoms with Crippen LogP contribution in [0.15, 0.2) is 70.3 Å². The van der Waals surface area contributed by atoms with E-state index in [9.17, 15) is 13.7 Å². The van der Waals surface area contributed by atoms with E-state index in [1.54, 1.807) is 34.0 Å². The second-order valence-corrected chi connectivity index (χ2v) is 9.76. The molecule has 0 saturated heterocycles. The molecule has 3 aromatic rings.